The number of ether oxygens (including phenoxy) is 1. The fourth-order valence-corrected chi connectivity index (χ4v) is 3.72. The summed E-state index contributed by atoms with van der Waals surface area (Å²) in [6, 6.07) is 12.6. The smallest absolute Gasteiger partial charge is 0.327 e. The summed E-state index contributed by atoms with van der Waals surface area (Å²) in [4.78, 5) is 50.2. The predicted octanol–water partition coefficient (Wildman–Crippen LogP) is 2.43. The molecule has 8 nitrogen and oxygen atoms in total. The molecule has 2 fully saturated rings. The third-order valence-corrected chi connectivity index (χ3v) is 5.68. The highest BCUT2D eigenvalue weighted by atomic mass is 16.5. The number of esters is 1. The van der Waals surface area contributed by atoms with Crippen LogP contribution in [0.2, 0.25) is 0 Å². The lowest BCUT2D eigenvalue weighted by atomic mass is 9.96. The first-order valence-electron chi connectivity index (χ1n) is 9.91. The maximum Gasteiger partial charge on any atom is 0.327 e. The van der Waals surface area contributed by atoms with Crippen LogP contribution in [0.1, 0.15) is 26.7 Å². The highest BCUT2D eigenvalue weighted by Gasteiger charge is 2.56. The molecule has 0 spiro atoms. The van der Waals surface area contributed by atoms with Gasteiger partial charge in [0.25, 0.3) is 11.8 Å². The summed E-state index contributed by atoms with van der Waals surface area (Å²) in [5, 5.41) is 7.39. The number of anilines is 1. The number of rotatable bonds is 6. The van der Waals surface area contributed by atoms with Gasteiger partial charge in [0.05, 0.1) is 0 Å². The Labute approximate surface area is 173 Å². The largest absolute Gasteiger partial charge is 0.451 e. The summed E-state index contributed by atoms with van der Waals surface area (Å²) in [5.74, 6) is -1.65. The number of hydrogen-bond acceptors (Lipinski definition) is 5. The van der Waals surface area contributed by atoms with Crippen LogP contribution in [0.3, 0.4) is 0 Å². The Balaban J connectivity index is 1.34. The van der Waals surface area contributed by atoms with Crippen LogP contribution in [0.4, 0.5) is 10.5 Å². The molecule has 2 aromatic rings. The topological polar surface area (TPSA) is 105 Å². The minimum absolute atomic E-state index is 0.0987. The van der Waals surface area contributed by atoms with Gasteiger partial charge in [0.15, 0.2) is 6.10 Å². The molecule has 4 amide bonds. The number of amides is 4. The molecule has 2 N–H and O–H groups in total. The molecule has 0 unspecified atom stereocenters. The second kappa shape index (κ2) is 7.44. The van der Waals surface area contributed by atoms with Crippen molar-refractivity contribution in [1.82, 2.24) is 10.2 Å². The van der Waals surface area contributed by atoms with Crippen LogP contribution in [-0.4, -0.2) is 46.9 Å². The Morgan fingerprint density at radius 2 is 1.90 bits per heavy atom. The van der Waals surface area contributed by atoms with Gasteiger partial charge in [-0.05, 0) is 55.5 Å². The molecule has 0 bridgehead atoms. The van der Waals surface area contributed by atoms with Gasteiger partial charge < -0.3 is 15.4 Å². The zero-order chi connectivity index (χ0) is 21.5. The van der Waals surface area contributed by atoms with Crippen molar-refractivity contribution < 1.29 is 23.9 Å². The van der Waals surface area contributed by atoms with Crippen LogP contribution in [0, 0.1) is 5.92 Å². The van der Waals surface area contributed by atoms with Crippen molar-refractivity contribution in [3.8, 4) is 0 Å². The third kappa shape index (κ3) is 3.72. The molecule has 0 aromatic heterocycles. The number of benzene rings is 2. The van der Waals surface area contributed by atoms with Crippen molar-refractivity contribution >= 4 is 40.3 Å². The van der Waals surface area contributed by atoms with Gasteiger partial charge in [-0.25, -0.2) is 4.79 Å². The van der Waals surface area contributed by atoms with Crippen molar-refractivity contribution in [2.75, 3.05) is 11.9 Å². The number of imide groups is 1. The minimum Gasteiger partial charge on any atom is -0.451 e. The summed E-state index contributed by atoms with van der Waals surface area (Å²) in [6.45, 7) is 2.59. The third-order valence-electron chi connectivity index (χ3n) is 5.68. The molecule has 8 heteroatoms. The molecule has 1 aliphatic heterocycles. The molecule has 1 saturated carbocycles. The van der Waals surface area contributed by atoms with Crippen molar-refractivity contribution in [2.45, 2.75) is 38.3 Å². The van der Waals surface area contributed by atoms with E-state index in [9.17, 15) is 19.2 Å². The Hall–Kier alpha value is -3.42. The standard InChI is InChI=1S/C22H23N3O5/c1-13(19(27)23-17-10-7-14-5-3-4-6-15(14)11-17)30-18(26)12-25-20(28)22(2,16-8-9-16)24-21(25)29/h3-7,10-11,13,16H,8-9,12H2,1-2H3,(H,23,27)(H,24,29)/t13-,22+/m0/s1. The minimum atomic E-state index is -1.08. The van der Waals surface area contributed by atoms with Crippen molar-refractivity contribution in [3.63, 3.8) is 0 Å². The summed E-state index contributed by atoms with van der Waals surface area (Å²) < 4.78 is 5.15. The molecule has 2 aromatic carbocycles. The Morgan fingerprint density at radius 3 is 2.60 bits per heavy atom. The number of carbonyl (C=O) groups excluding carboxylic acids is 4. The SMILES string of the molecule is C[C@H](OC(=O)CN1C(=O)N[C@](C)(C2CC2)C1=O)C(=O)Nc1ccc2ccccc2c1. The maximum atomic E-state index is 12.6. The van der Waals surface area contributed by atoms with E-state index in [1.54, 1.807) is 13.0 Å². The van der Waals surface area contributed by atoms with E-state index in [-0.39, 0.29) is 5.92 Å². The van der Waals surface area contributed by atoms with E-state index in [0.717, 1.165) is 28.5 Å². The lowest BCUT2D eigenvalue weighted by Gasteiger charge is -2.21. The van der Waals surface area contributed by atoms with Gasteiger partial charge in [-0.1, -0.05) is 30.3 Å². The van der Waals surface area contributed by atoms with Gasteiger partial charge in [-0.15, -0.1) is 0 Å². The first kappa shape index (κ1) is 19.9. The lowest BCUT2D eigenvalue weighted by Crippen LogP contribution is -2.46. The van der Waals surface area contributed by atoms with E-state index < -0.39 is 42.0 Å². The molecule has 1 heterocycles. The van der Waals surface area contributed by atoms with Gasteiger partial charge in [0.2, 0.25) is 0 Å². The summed E-state index contributed by atoms with van der Waals surface area (Å²) in [5.41, 5.74) is -0.382. The summed E-state index contributed by atoms with van der Waals surface area (Å²) in [6.07, 6.45) is 0.652. The molecular weight excluding hydrogens is 386 g/mol. The van der Waals surface area contributed by atoms with Gasteiger partial charge in [0.1, 0.15) is 12.1 Å². The van der Waals surface area contributed by atoms with Gasteiger partial charge in [-0.3, -0.25) is 19.3 Å². The molecular formula is C22H23N3O5. The van der Waals surface area contributed by atoms with Crippen LogP contribution in [0.5, 0.6) is 0 Å². The average Bonchev–Trinajstić information content (AvgIpc) is 3.54. The zero-order valence-electron chi connectivity index (χ0n) is 16.8. The summed E-state index contributed by atoms with van der Waals surface area (Å²) in [7, 11) is 0. The molecule has 30 heavy (non-hydrogen) atoms. The maximum absolute atomic E-state index is 12.6. The molecule has 1 aliphatic carbocycles. The van der Waals surface area contributed by atoms with Crippen LogP contribution >= 0.6 is 0 Å². The van der Waals surface area contributed by atoms with Crippen LogP contribution in [0.25, 0.3) is 10.8 Å². The summed E-state index contributed by atoms with van der Waals surface area (Å²) >= 11 is 0. The molecule has 2 aliphatic rings. The fourth-order valence-electron chi connectivity index (χ4n) is 3.72. The highest BCUT2D eigenvalue weighted by Crippen LogP contribution is 2.42. The van der Waals surface area contributed by atoms with E-state index >= 15 is 0 Å². The van der Waals surface area contributed by atoms with Gasteiger partial charge in [-0.2, -0.15) is 0 Å². The van der Waals surface area contributed by atoms with Gasteiger partial charge in [0, 0.05) is 5.69 Å². The quantitative estimate of drug-likeness (QED) is 0.563. The van der Waals surface area contributed by atoms with Crippen LogP contribution < -0.4 is 10.6 Å². The molecule has 1 saturated heterocycles. The van der Waals surface area contributed by atoms with E-state index in [4.69, 9.17) is 4.74 Å². The molecule has 156 valence electrons. The molecule has 2 atom stereocenters. The molecule has 4 rings (SSSR count). The van der Waals surface area contributed by atoms with E-state index in [2.05, 4.69) is 10.6 Å². The van der Waals surface area contributed by atoms with Crippen LogP contribution in [0.15, 0.2) is 42.5 Å². The predicted molar refractivity (Wildman–Crippen MR) is 110 cm³/mol. The molecule has 0 radical (unpaired) electrons. The number of hydrogen-bond donors (Lipinski definition) is 2. The second-order valence-corrected chi connectivity index (χ2v) is 7.98. The normalized spacial score (nSPS) is 22.0. The van der Waals surface area contributed by atoms with Crippen LogP contribution in [-0.2, 0) is 19.1 Å². The number of nitrogens with one attached hydrogen (secondary N) is 2. The number of fused-ring (bicyclic) bond motifs is 1. The van der Waals surface area contributed by atoms with E-state index in [0.29, 0.717) is 5.69 Å². The second-order valence-electron chi connectivity index (χ2n) is 7.98. The Kier molecular flexibility index (Phi) is 4.93. The average molecular weight is 409 g/mol. The van der Waals surface area contributed by atoms with E-state index in [1.807, 2.05) is 36.4 Å². The fraction of sp³-hybridized carbons (Fsp3) is 0.364. The highest BCUT2D eigenvalue weighted by molar-refractivity contribution is 6.09. The van der Waals surface area contributed by atoms with Crippen molar-refractivity contribution in [2.24, 2.45) is 5.92 Å². The van der Waals surface area contributed by atoms with Gasteiger partial charge >= 0.3 is 12.0 Å². The zero-order valence-corrected chi connectivity index (χ0v) is 16.8. The van der Waals surface area contributed by atoms with Crippen molar-refractivity contribution in [3.05, 3.63) is 42.5 Å². The first-order valence-corrected chi connectivity index (χ1v) is 9.91. The number of nitrogens with zero attached hydrogens (tertiary/aromatic N) is 1. The number of carbonyl (C=O) groups is 4. The number of urea groups is 1. The Bertz CT molecular complexity index is 1050. The first-order chi connectivity index (χ1) is 14.3. The van der Waals surface area contributed by atoms with E-state index in [1.165, 1.54) is 6.92 Å². The Morgan fingerprint density at radius 1 is 1.20 bits per heavy atom. The van der Waals surface area contributed by atoms with Crippen molar-refractivity contribution in [1.29, 1.82) is 0 Å². The monoisotopic (exact) mass is 409 g/mol. The lowest BCUT2D eigenvalue weighted by molar-refractivity contribution is -0.155.